The molecule has 17 heavy (non-hydrogen) atoms. The molecule has 1 aromatic rings. The number of H-pyrrole nitrogens is 1. The number of rotatable bonds is 7. The second kappa shape index (κ2) is 6.16. The van der Waals surface area contributed by atoms with Gasteiger partial charge < -0.3 is 4.98 Å². The van der Waals surface area contributed by atoms with Crippen molar-refractivity contribution < 1.29 is 8.42 Å². The number of sulfonamides is 1. The summed E-state index contributed by atoms with van der Waals surface area (Å²) in [6.07, 6.45) is 4.67. The summed E-state index contributed by atoms with van der Waals surface area (Å²) in [7, 11) is -3.22. The maximum atomic E-state index is 11.8. The highest BCUT2D eigenvalue weighted by atomic mass is 32.2. The van der Waals surface area contributed by atoms with E-state index in [0.717, 1.165) is 0 Å². The van der Waals surface area contributed by atoms with Gasteiger partial charge in [0.25, 0.3) is 0 Å². The Morgan fingerprint density at radius 1 is 1.47 bits per heavy atom. The van der Waals surface area contributed by atoms with Crippen LogP contribution in [0.4, 0.5) is 0 Å². The summed E-state index contributed by atoms with van der Waals surface area (Å²) >= 11 is 0. The molecule has 5 nitrogen and oxygen atoms in total. The highest BCUT2D eigenvalue weighted by Crippen LogP contribution is 2.13. The van der Waals surface area contributed by atoms with Gasteiger partial charge in [-0.3, -0.25) is 0 Å². The van der Waals surface area contributed by atoms with Gasteiger partial charge in [0.1, 0.15) is 5.82 Å². The van der Waals surface area contributed by atoms with Crippen LogP contribution in [0.2, 0.25) is 0 Å². The molecule has 0 saturated heterocycles. The fourth-order valence-corrected chi connectivity index (χ4v) is 3.08. The topological polar surface area (TPSA) is 74.8 Å². The first-order valence-corrected chi connectivity index (χ1v) is 7.59. The number of aromatic nitrogens is 2. The fraction of sp³-hybridized carbons (Fsp3) is 0.727. The van der Waals surface area contributed by atoms with Crippen LogP contribution >= 0.6 is 0 Å². The molecule has 0 amide bonds. The lowest BCUT2D eigenvalue weighted by Crippen LogP contribution is -2.31. The first-order valence-electron chi connectivity index (χ1n) is 5.94. The molecule has 1 heterocycles. The summed E-state index contributed by atoms with van der Waals surface area (Å²) in [5.41, 5.74) is 0. The normalized spacial score (nSPS) is 14.1. The van der Waals surface area contributed by atoms with Crippen molar-refractivity contribution in [2.45, 2.75) is 39.7 Å². The Morgan fingerprint density at radius 3 is 2.65 bits per heavy atom. The van der Waals surface area contributed by atoms with Gasteiger partial charge in [0.15, 0.2) is 0 Å². The van der Waals surface area contributed by atoms with Gasteiger partial charge in [-0.25, -0.2) is 18.1 Å². The van der Waals surface area contributed by atoms with E-state index in [0.29, 0.717) is 24.6 Å². The maximum Gasteiger partial charge on any atom is 0.212 e. The minimum Gasteiger partial charge on any atom is -0.347 e. The first-order chi connectivity index (χ1) is 7.94. The molecule has 6 heteroatoms. The van der Waals surface area contributed by atoms with Crippen LogP contribution in [-0.2, 0) is 10.0 Å². The van der Waals surface area contributed by atoms with Crippen molar-refractivity contribution in [1.29, 1.82) is 0 Å². The number of hydrogen-bond acceptors (Lipinski definition) is 3. The van der Waals surface area contributed by atoms with Gasteiger partial charge in [-0.05, 0) is 18.8 Å². The minimum atomic E-state index is -3.22. The maximum absolute atomic E-state index is 11.8. The highest BCUT2D eigenvalue weighted by molar-refractivity contribution is 7.89. The summed E-state index contributed by atoms with van der Waals surface area (Å²) < 4.78 is 26.4. The lowest BCUT2D eigenvalue weighted by atomic mass is 10.2. The summed E-state index contributed by atoms with van der Waals surface area (Å²) in [5.74, 6) is 1.22. The standard InChI is InChI=1S/C11H21N3O2S/c1-4-10(11-12-6-7-13-11)14-17(15,16)8-5-9(2)3/h6-7,9-10,14H,4-5,8H2,1-3H3,(H,12,13). The number of aromatic amines is 1. The number of hydrogen-bond donors (Lipinski definition) is 2. The van der Waals surface area contributed by atoms with Crippen molar-refractivity contribution in [3.8, 4) is 0 Å². The molecule has 0 saturated carbocycles. The molecule has 1 rings (SSSR count). The van der Waals surface area contributed by atoms with Crippen LogP contribution in [0.5, 0.6) is 0 Å². The Bertz CT molecular complexity index is 412. The Balaban J connectivity index is 2.62. The molecule has 0 bridgehead atoms. The predicted molar refractivity (Wildman–Crippen MR) is 68.0 cm³/mol. The Labute approximate surface area is 103 Å². The molecule has 0 aliphatic rings. The second-order valence-corrected chi connectivity index (χ2v) is 6.43. The Kier molecular flexibility index (Phi) is 5.14. The van der Waals surface area contributed by atoms with Crippen molar-refractivity contribution in [2.24, 2.45) is 5.92 Å². The average Bonchev–Trinajstić information content (AvgIpc) is 2.77. The van der Waals surface area contributed by atoms with Crippen LogP contribution in [0.1, 0.15) is 45.5 Å². The summed E-state index contributed by atoms with van der Waals surface area (Å²) in [4.78, 5) is 7.02. The molecule has 0 aliphatic heterocycles. The molecule has 98 valence electrons. The van der Waals surface area contributed by atoms with Gasteiger partial charge in [-0.2, -0.15) is 0 Å². The lowest BCUT2D eigenvalue weighted by Gasteiger charge is -2.15. The molecular weight excluding hydrogens is 238 g/mol. The quantitative estimate of drug-likeness (QED) is 0.784. The molecule has 1 atom stereocenters. The molecule has 0 aromatic carbocycles. The van der Waals surface area contributed by atoms with Crippen molar-refractivity contribution in [2.75, 3.05) is 5.75 Å². The number of nitrogens with zero attached hydrogens (tertiary/aromatic N) is 1. The molecule has 2 N–H and O–H groups in total. The van der Waals surface area contributed by atoms with Crippen molar-refractivity contribution in [3.05, 3.63) is 18.2 Å². The summed E-state index contributed by atoms with van der Waals surface area (Å²) in [5, 5.41) is 0. The molecule has 0 spiro atoms. The lowest BCUT2D eigenvalue weighted by molar-refractivity contribution is 0.529. The molecule has 1 aromatic heterocycles. The third-order valence-electron chi connectivity index (χ3n) is 2.54. The van der Waals surface area contributed by atoms with Gasteiger partial charge in [0.05, 0.1) is 11.8 Å². The van der Waals surface area contributed by atoms with Crippen LogP contribution in [0, 0.1) is 5.92 Å². The Morgan fingerprint density at radius 2 is 2.18 bits per heavy atom. The first kappa shape index (κ1) is 14.2. The Hall–Kier alpha value is -0.880. The van der Waals surface area contributed by atoms with E-state index in [4.69, 9.17) is 0 Å². The highest BCUT2D eigenvalue weighted by Gasteiger charge is 2.19. The van der Waals surface area contributed by atoms with Crippen LogP contribution in [-0.4, -0.2) is 24.1 Å². The van der Waals surface area contributed by atoms with E-state index in [2.05, 4.69) is 14.7 Å². The van der Waals surface area contributed by atoms with E-state index in [1.807, 2.05) is 20.8 Å². The molecule has 0 radical (unpaired) electrons. The fourth-order valence-electron chi connectivity index (χ4n) is 1.47. The third-order valence-corrected chi connectivity index (χ3v) is 3.96. The van der Waals surface area contributed by atoms with E-state index in [1.165, 1.54) is 0 Å². The smallest absolute Gasteiger partial charge is 0.212 e. The zero-order valence-electron chi connectivity index (χ0n) is 10.6. The number of imidazole rings is 1. The third kappa shape index (κ3) is 4.87. The van der Waals surface area contributed by atoms with Gasteiger partial charge >= 0.3 is 0 Å². The number of nitrogens with one attached hydrogen (secondary N) is 2. The van der Waals surface area contributed by atoms with Crippen molar-refractivity contribution in [3.63, 3.8) is 0 Å². The summed E-state index contributed by atoms with van der Waals surface area (Å²) in [6.45, 7) is 5.96. The van der Waals surface area contributed by atoms with Crippen molar-refractivity contribution in [1.82, 2.24) is 14.7 Å². The SMILES string of the molecule is CCC(NS(=O)(=O)CCC(C)C)c1ncc[nH]1. The van der Waals surface area contributed by atoms with Crippen molar-refractivity contribution >= 4 is 10.0 Å². The zero-order chi connectivity index (χ0) is 12.9. The van der Waals surface area contributed by atoms with Crippen LogP contribution < -0.4 is 4.72 Å². The second-order valence-electron chi connectivity index (χ2n) is 4.55. The molecule has 0 fully saturated rings. The molecule has 0 aliphatic carbocycles. The predicted octanol–water partition coefficient (Wildman–Crippen LogP) is 1.83. The molecular formula is C11H21N3O2S. The van der Waals surface area contributed by atoms with E-state index in [-0.39, 0.29) is 11.8 Å². The van der Waals surface area contributed by atoms with E-state index in [9.17, 15) is 8.42 Å². The average molecular weight is 259 g/mol. The van der Waals surface area contributed by atoms with Gasteiger partial charge in [-0.1, -0.05) is 20.8 Å². The minimum absolute atomic E-state index is 0.169. The van der Waals surface area contributed by atoms with E-state index >= 15 is 0 Å². The molecule has 1 unspecified atom stereocenters. The largest absolute Gasteiger partial charge is 0.347 e. The van der Waals surface area contributed by atoms with E-state index in [1.54, 1.807) is 12.4 Å². The van der Waals surface area contributed by atoms with Gasteiger partial charge in [0.2, 0.25) is 10.0 Å². The monoisotopic (exact) mass is 259 g/mol. The summed E-state index contributed by atoms with van der Waals surface area (Å²) in [6, 6.07) is -0.262. The van der Waals surface area contributed by atoms with Crippen LogP contribution in [0.25, 0.3) is 0 Å². The van der Waals surface area contributed by atoms with E-state index < -0.39 is 10.0 Å². The van der Waals surface area contributed by atoms with Crippen LogP contribution in [0.3, 0.4) is 0 Å². The van der Waals surface area contributed by atoms with Gasteiger partial charge in [0, 0.05) is 12.4 Å². The zero-order valence-corrected chi connectivity index (χ0v) is 11.4. The van der Waals surface area contributed by atoms with Crippen LogP contribution in [0.15, 0.2) is 12.4 Å². The van der Waals surface area contributed by atoms with Gasteiger partial charge in [-0.15, -0.1) is 0 Å².